The largest absolute Gasteiger partial charge is 0.497 e. The number of rotatable bonds is 3. The van der Waals surface area contributed by atoms with E-state index in [-0.39, 0.29) is 11.1 Å². The molecule has 19 heavy (non-hydrogen) atoms. The summed E-state index contributed by atoms with van der Waals surface area (Å²) in [5.41, 5.74) is 0.696. The van der Waals surface area contributed by atoms with Gasteiger partial charge in [-0.15, -0.1) is 0 Å². The SMILES string of the molecule is COc1ccc(C(=O)c2ccc(F)cc2C)c(F)c1. The van der Waals surface area contributed by atoms with Crippen LogP contribution in [0.25, 0.3) is 0 Å². The van der Waals surface area contributed by atoms with E-state index in [1.807, 2.05) is 0 Å². The van der Waals surface area contributed by atoms with Crippen molar-refractivity contribution in [3.8, 4) is 5.75 Å². The van der Waals surface area contributed by atoms with Gasteiger partial charge in [-0.3, -0.25) is 4.79 Å². The fourth-order valence-corrected chi connectivity index (χ4v) is 1.83. The van der Waals surface area contributed by atoms with Gasteiger partial charge < -0.3 is 4.74 Å². The average Bonchev–Trinajstić information content (AvgIpc) is 2.37. The number of hydrogen-bond donors (Lipinski definition) is 0. The molecule has 0 saturated carbocycles. The van der Waals surface area contributed by atoms with E-state index in [1.54, 1.807) is 6.92 Å². The first-order valence-electron chi connectivity index (χ1n) is 5.67. The van der Waals surface area contributed by atoms with Crippen molar-refractivity contribution in [3.05, 3.63) is 64.7 Å². The molecule has 0 heterocycles. The number of benzene rings is 2. The summed E-state index contributed by atoms with van der Waals surface area (Å²) >= 11 is 0. The van der Waals surface area contributed by atoms with Crippen molar-refractivity contribution in [2.45, 2.75) is 6.92 Å². The number of carbonyl (C=O) groups is 1. The normalized spacial score (nSPS) is 10.3. The fourth-order valence-electron chi connectivity index (χ4n) is 1.83. The molecule has 0 radical (unpaired) electrons. The molecule has 2 aromatic rings. The van der Waals surface area contributed by atoms with Crippen LogP contribution in [0.3, 0.4) is 0 Å². The van der Waals surface area contributed by atoms with E-state index < -0.39 is 17.4 Å². The Morgan fingerprint density at radius 1 is 1.05 bits per heavy atom. The van der Waals surface area contributed by atoms with Crippen LogP contribution >= 0.6 is 0 Å². The zero-order chi connectivity index (χ0) is 14.0. The van der Waals surface area contributed by atoms with E-state index in [1.165, 1.54) is 37.4 Å². The molecule has 0 spiro atoms. The van der Waals surface area contributed by atoms with Crippen LogP contribution in [0.15, 0.2) is 36.4 Å². The minimum atomic E-state index is -0.659. The molecule has 0 saturated heterocycles. The van der Waals surface area contributed by atoms with Gasteiger partial charge in [0.2, 0.25) is 0 Å². The minimum Gasteiger partial charge on any atom is -0.497 e. The van der Waals surface area contributed by atoms with E-state index in [0.717, 1.165) is 6.07 Å². The van der Waals surface area contributed by atoms with Crippen LogP contribution in [0.2, 0.25) is 0 Å². The lowest BCUT2D eigenvalue weighted by Crippen LogP contribution is -2.06. The molecular formula is C15H12F2O2. The van der Waals surface area contributed by atoms with E-state index in [4.69, 9.17) is 4.74 Å². The lowest BCUT2D eigenvalue weighted by Gasteiger charge is -2.07. The topological polar surface area (TPSA) is 26.3 Å². The van der Waals surface area contributed by atoms with Crippen molar-refractivity contribution in [1.82, 2.24) is 0 Å². The summed E-state index contributed by atoms with van der Waals surface area (Å²) in [4.78, 5) is 12.2. The lowest BCUT2D eigenvalue weighted by atomic mass is 9.98. The van der Waals surface area contributed by atoms with Crippen LogP contribution in [0, 0.1) is 18.6 Å². The third-order valence-electron chi connectivity index (χ3n) is 2.85. The molecule has 0 bridgehead atoms. The summed E-state index contributed by atoms with van der Waals surface area (Å²) < 4.78 is 31.7. The molecule has 0 N–H and O–H groups in total. The molecule has 0 atom stereocenters. The Kier molecular flexibility index (Phi) is 3.60. The standard InChI is InChI=1S/C15H12F2O2/c1-9-7-10(16)3-5-12(9)15(18)13-6-4-11(19-2)8-14(13)17/h3-8H,1-2H3. The Hall–Kier alpha value is -2.23. The van der Waals surface area contributed by atoms with Gasteiger partial charge in [0.25, 0.3) is 0 Å². The highest BCUT2D eigenvalue weighted by molar-refractivity contribution is 6.10. The van der Waals surface area contributed by atoms with E-state index >= 15 is 0 Å². The van der Waals surface area contributed by atoms with Crippen LogP contribution in [0.1, 0.15) is 21.5 Å². The number of halogens is 2. The predicted octanol–water partition coefficient (Wildman–Crippen LogP) is 3.51. The highest BCUT2D eigenvalue weighted by Crippen LogP contribution is 2.21. The van der Waals surface area contributed by atoms with Crippen LogP contribution in [-0.2, 0) is 0 Å². The molecule has 0 aliphatic rings. The number of ketones is 1. The van der Waals surface area contributed by atoms with E-state index in [9.17, 15) is 13.6 Å². The van der Waals surface area contributed by atoms with Gasteiger partial charge in [0.15, 0.2) is 5.78 Å². The molecule has 0 aliphatic heterocycles. The van der Waals surface area contributed by atoms with Gasteiger partial charge in [0.05, 0.1) is 12.7 Å². The first-order chi connectivity index (χ1) is 9.02. The quantitative estimate of drug-likeness (QED) is 0.791. The molecule has 0 fully saturated rings. The van der Waals surface area contributed by atoms with Crippen LogP contribution in [0.5, 0.6) is 5.75 Å². The second-order valence-corrected chi connectivity index (χ2v) is 4.13. The number of methoxy groups -OCH3 is 1. The first kappa shape index (κ1) is 13.2. The van der Waals surface area contributed by atoms with Crippen molar-refractivity contribution >= 4 is 5.78 Å². The second kappa shape index (κ2) is 5.18. The zero-order valence-electron chi connectivity index (χ0n) is 10.5. The summed E-state index contributed by atoms with van der Waals surface area (Å²) in [6.45, 7) is 1.61. The Balaban J connectivity index is 2.44. The molecular weight excluding hydrogens is 250 g/mol. The van der Waals surface area contributed by atoms with Crippen molar-refractivity contribution in [3.63, 3.8) is 0 Å². The number of aryl methyl sites for hydroxylation is 1. The van der Waals surface area contributed by atoms with Crippen molar-refractivity contribution < 1.29 is 18.3 Å². The maximum Gasteiger partial charge on any atom is 0.196 e. The highest BCUT2D eigenvalue weighted by atomic mass is 19.1. The summed E-state index contributed by atoms with van der Waals surface area (Å²) in [5.74, 6) is -1.22. The summed E-state index contributed by atoms with van der Waals surface area (Å²) in [7, 11) is 1.42. The molecule has 2 nitrogen and oxygen atoms in total. The Morgan fingerprint density at radius 2 is 1.74 bits per heavy atom. The van der Waals surface area contributed by atoms with Gasteiger partial charge in [-0.2, -0.15) is 0 Å². The lowest BCUT2D eigenvalue weighted by molar-refractivity contribution is 0.103. The molecule has 2 aromatic carbocycles. The Labute approximate surface area is 109 Å². The first-order valence-corrected chi connectivity index (χ1v) is 5.67. The van der Waals surface area contributed by atoms with Gasteiger partial charge in [-0.25, -0.2) is 8.78 Å². The molecule has 0 aliphatic carbocycles. The van der Waals surface area contributed by atoms with Gasteiger partial charge in [0, 0.05) is 11.6 Å². The Bertz CT molecular complexity index is 636. The van der Waals surface area contributed by atoms with E-state index in [2.05, 4.69) is 0 Å². The molecule has 0 unspecified atom stereocenters. The van der Waals surface area contributed by atoms with Gasteiger partial charge in [-0.05, 0) is 42.8 Å². The monoisotopic (exact) mass is 262 g/mol. The maximum absolute atomic E-state index is 13.8. The Morgan fingerprint density at radius 3 is 2.32 bits per heavy atom. The molecule has 0 amide bonds. The molecule has 0 aromatic heterocycles. The van der Waals surface area contributed by atoms with Crippen LogP contribution in [0.4, 0.5) is 8.78 Å². The molecule has 98 valence electrons. The van der Waals surface area contributed by atoms with Gasteiger partial charge >= 0.3 is 0 Å². The predicted molar refractivity (Wildman–Crippen MR) is 67.5 cm³/mol. The number of hydrogen-bond acceptors (Lipinski definition) is 2. The van der Waals surface area contributed by atoms with Crippen LogP contribution in [-0.4, -0.2) is 12.9 Å². The third kappa shape index (κ3) is 2.62. The highest BCUT2D eigenvalue weighted by Gasteiger charge is 2.16. The smallest absolute Gasteiger partial charge is 0.196 e. The molecule has 2 rings (SSSR count). The van der Waals surface area contributed by atoms with Crippen LogP contribution < -0.4 is 4.74 Å². The zero-order valence-corrected chi connectivity index (χ0v) is 10.5. The van der Waals surface area contributed by atoms with Crippen molar-refractivity contribution in [2.24, 2.45) is 0 Å². The average molecular weight is 262 g/mol. The molecule has 4 heteroatoms. The minimum absolute atomic E-state index is 0.0597. The maximum atomic E-state index is 13.8. The fraction of sp³-hybridized carbons (Fsp3) is 0.133. The second-order valence-electron chi connectivity index (χ2n) is 4.13. The summed E-state index contributed by atoms with van der Waals surface area (Å²) in [6.07, 6.45) is 0. The van der Waals surface area contributed by atoms with Gasteiger partial charge in [0.1, 0.15) is 17.4 Å². The summed E-state index contributed by atoms with van der Waals surface area (Å²) in [6, 6.07) is 7.80. The van der Waals surface area contributed by atoms with Gasteiger partial charge in [-0.1, -0.05) is 0 Å². The summed E-state index contributed by atoms with van der Waals surface area (Å²) in [5, 5.41) is 0. The van der Waals surface area contributed by atoms with Crippen molar-refractivity contribution in [1.29, 1.82) is 0 Å². The van der Waals surface area contributed by atoms with Crippen molar-refractivity contribution in [2.75, 3.05) is 7.11 Å². The number of carbonyl (C=O) groups excluding carboxylic acids is 1. The number of ether oxygens (including phenoxy) is 1. The van der Waals surface area contributed by atoms with E-state index in [0.29, 0.717) is 11.3 Å². The third-order valence-corrected chi connectivity index (χ3v) is 2.85.